The van der Waals surface area contributed by atoms with Crippen LogP contribution in [0.3, 0.4) is 0 Å². The summed E-state index contributed by atoms with van der Waals surface area (Å²) < 4.78 is 1.67. The Labute approximate surface area is 92.9 Å². The van der Waals surface area contributed by atoms with Crippen LogP contribution in [0.4, 0.5) is 5.69 Å². The zero-order valence-corrected chi connectivity index (χ0v) is 8.92. The van der Waals surface area contributed by atoms with Crippen molar-refractivity contribution in [3.8, 4) is 0 Å². The largest absolute Gasteiger partial charge is 0.397 e. The van der Waals surface area contributed by atoms with Crippen molar-refractivity contribution < 1.29 is 4.79 Å². The molecule has 82 valence electrons. The molecule has 2 aromatic rings. The zero-order valence-electron chi connectivity index (χ0n) is 8.92. The number of nitrogen functional groups attached to an aromatic ring is 1. The van der Waals surface area contributed by atoms with E-state index in [9.17, 15) is 4.79 Å². The number of ketones is 1. The molecule has 5 heteroatoms. The monoisotopic (exact) mass is 216 g/mol. The highest BCUT2D eigenvalue weighted by Crippen LogP contribution is 2.05. The van der Waals surface area contributed by atoms with E-state index in [-0.39, 0.29) is 12.2 Å². The van der Waals surface area contributed by atoms with Gasteiger partial charge >= 0.3 is 0 Å². The molecule has 0 saturated heterocycles. The van der Waals surface area contributed by atoms with E-state index < -0.39 is 0 Å². The molecule has 0 spiro atoms. The van der Waals surface area contributed by atoms with Crippen LogP contribution >= 0.6 is 0 Å². The number of carbonyl (C=O) groups is 1. The van der Waals surface area contributed by atoms with Crippen LogP contribution in [-0.2, 0) is 13.5 Å². The molecular weight excluding hydrogens is 204 g/mol. The molecule has 0 aliphatic heterocycles. The van der Waals surface area contributed by atoms with Gasteiger partial charge in [-0.3, -0.25) is 14.5 Å². The van der Waals surface area contributed by atoms with Crippen molar-refractivity contribution >= 4 is 11.5 Å². The number of hydrogen-bond acceptors (Lipinski definition) is 4. The van der Waals surface area contributed by atoms with Crippen LogP contribution in [0.5, 0.6) is 0 Å². The fourth-order valence-corrected chi connectivity index (χ4v) is 1.38. The molecule has 0 fully saturated rings. The van der Waals surface area contributed by atoms with Gasteiger partial charge in [-0.05, 0) is 18.2 Å². The van der Waals surface area contributed by atoms with Crippen LogP contribution in [-0.4, -0.2) is 20.5 Å². The average Bonchev–Trinajstić information content (AvgIpc) is 2.65. The minimum absolute atomic E-state index is 0.0568. The highest BCUT2D eigenvalue weighted by molar-refractivity contribution is 5.95. The summed E-state index contributed by atoms with van der Waals surface area (Å²) >= 11 is 0. The topological polar surface area (TPSA) is 73.8 Å². The summed E-state index contributed by atoms with van der Waals surface area (Å²) in [4.78, 5) is 15.8. The Morgan fingerprint density at radius 3 is 2.81 bits per heavy atom. The van der Waals surface area contributed by atoms with Crippen molar-refractivity contribution in [2.75, 3.05) is 5.73 Å². The molecule has 2 N–H and O–H groups in total. The van der Waals surface area contributed by atoms with Crippen molar-refractivity contribution in [2.45, 2.75) is 6.42 Å². The molecule has 0 atom stereocenters. The predicted octanol–water partition coefficient (Wildman–Crippen LogP) is 0.823. The van der Waals surface area contributed by atoms with Crippen molar-refractivity contribution in [3.05, 3.63) is 42.0 Å². The third kappa shape index (κ3) is 2.25. The molecule has 0 amide bonds. The molecule has 0 unspecified atom stereocenters. The predicted molar refractivity (Wildman–Crippen MR) is 59.9 cm³/mol. The number of anilines is 1. The molecular formula is C11H12N4O. The number of hydrogen-bond donors (Lipinski definition) is 1. The Hall–Kier alpha value is -2.17. The van der Waals surface area contributed by atoms with E-state index in [2.05, 4.69) is 10.1 Å². The summed E-state index contributed by atoms with van der Waals surface area (Å²) in [6.07, 6.45) is 3.54. The Kier molecular flexibility index (Phi) is 2.68. The second kappa shape index (κ2) is 4.14. The lowest BCUT2D eigenvalue weighted by Crippen LogP contribution is -2.07. The smallest absolute Gasteiger partial charge is 0.187 e. The van der Waals surface area contributed by atoms with E-state index in [1.54, 1.807) is 23.0 Å². The van der Waals surface area contributed by atoms with E-state index in [0.717, 1.165) is 5.69 Å². The van der Waals surface area contributed by atoms with Crippen molar-refractivity contribution in [3.63, 3.8) is 0 Å². The van der Waals surface area contributed by atoms with Crippen LogP contribution < -0.4 is 5.73 Å². The maximum absolute atomic E-state index is 11.8. The molecule has 5 nitrogen and oxygen atoms in total. The summed E-state index contributed by atoms with van der Waals surface area (Å²) in [7, 11) is 1.81. The van der Waals surface area contributed by atoms with Crippen LogP contribution in [0.2, 0.25) is 0 Å². The number of pyridine rings is 1. The molecule has 0 radical (unpaired) electrons. The van der Waals surface area contributed by atoms with Gasteiger partial charge in [-0.1, -0.05) is 0 Å². The highest BCUT2D eigenvalue weighted by Gasteiger charge is 2.09. The Morgan fingerprint density at radius 1 is 1.44 bits per heavy atom. The first kappa shape index (κ1) is 10.4. The van der Waals surface area contributed by atoms with Crippen molar-refractivity contribution in [2.24, 2.45) is 7.05 Å². The Balaban J connectivity index is 2.11. The molecule has 0 saturated carbocycles. The first-order valence-corrected chi connectivity index (χ1v) is 4.88. The summed E-state index contributed by atoms with van der Waals surface area (Å²) in [5.74, 6) is -0.0568. The molecule has 0 aromatic carbocycles. The van der Waals surface area contributed by atoms with Gasteiger partial charge in [0.1, 0.15) is 5.69 Å². The fourth-order valence-electron chi connectivity index (χ4n) is 1.38. The number of aryl methyl sites for hydroxylation is 1. The second-order valence-corrected chi connectivity index (χ2v) is 3.56. The standard InChI is InChI=1S/C11H12N4O/c1-15-5-4-9(14-15)6-11(16)10-3-2-8(12)7-13-10/h2-5,7H,6,12H2,1H3. The normalized spacial score (nSPS) is 10.3. The van der Waals surface area contributed by atoms with Gasteiger partial charge in [0.25, 0.3) is 0 Å². The van der Waals surface area contributed by atoms with Crippen LogP contribution in [0, 0.1) is 0 Å². The average molecular weight is 216 g/mol. The number of rotatable bonds is 3. The SMILES string of the molecule is Cn1ccc(CC(=O)c2ccc(N)cn2)n1. The first-order chi connectivity index (χ1) is 7.65. The van der Waals surface area contributed by atoms with E-state index in [4.69, 9.17) is 5.73 Å². The van der Waals surface area contributed by atoms with E-state index in [1.165, 1.54) is 6.20 Å². The van der Waals surface area contributed by atoms with Crippen LogP contribution in [0.1, 0.15) is 16.2 Å². The van der Waals surface area contributed by atoms with Gasteiger partial charge in [0.2, 0.25) is 0 Å². The van der Waals surface area contributed by atoms with E-state index in [0.29, 0.717) is 11.4 Å². The summed E-state index contributed by atoms with van der Waals surface area (Å²) in [5, 5.41) is 4.14. The lowest BCUT2D eigenvalue weighted by molar-refractivity contribution is 0.0987. The van der Waals surface area contributed by atoms with Crippen molar-refractivity contribution in [1.82, 2.24) is 14.8 Å². The second-order valence-electron chi connectivity index (χ2n) is 3.56. The van der Waals surface area contributed by atoms with Gasteiger partial charge in [0.15, 0.2) is 5.78 Å². The fraction of sp³-hybridized carbons (Fsp3) is 0.182. The maximum atomic E-state index is 11.8. The molecule has 2 aromatic heterocycles. The highest BCUT2D eigenvalue weighted by atomic mass is 16.1. The number of nitrogens with zero attached hydrogens (tertiary/aromatic N) is 3. The third-order valence-electron chi connectivity index (χ3n) is 2.18. The third-order valence-corrected chi connectivity index (χ3v) is 2.18. The van der Waals surface area contributed by atoms with Gasteiger partial charge in [0, 0.05) is 13.2 Å². The van der Waals surface area contributed by atoms with Crippen LogP contribution in [0.15, 0.2) is 30.6 Å². The maximum Gasteiger partial charge on any atom is 0.187 e. The minimum Gasteiger partial charge on any atom is -0.397 e. The first-order valence-electron chi connectivity index (χ1n) is 4.88. The Morgan fingerprint density at radius 2 is 2.25 bits per heavy atom. The molecule has 0 bridgehead atoms. The molecule has 0 aliphatic rings. The molecule has 2 heterocycles. The van der Waals surface area contributed by atoms with E-state index >= 15 is 0 Å². The lowest BCUT2D eigenvalue weighted by Gasteiger charge is -1.98. The summed E-state index contributed by atoms with van der Waals surface area (Å²) in [6.45, 7) is 0. The Bertz CT molecular complexity index is 501. The zero-order chi connectivity index (χ0) is 11.5. The number of Topliss-reactive ketones (excluding diaryl/α,β-unsaturated/α-hetero) is 1. The number of aromatic nitrogens is 3. The van der Waals surface area contributed by atoms with E-state index in [1.807, 2.05) is 13.1 Å². The molecule has 16 heavy (non-hydrogen) atoms. The van der Waals surface area contributed by atoms with Gasteiger partial charge < -0.3 is 5.73 Å². The van der Waals surface area contributed by atoms with Crippen molar-refractivity contribution in [1.29, 1.82) is 0 Å². The van der Waals surface area contributed by atoms with Gasteiger partial charge in [-0.15, -0.1) is 0 Å². The molecule has 0 aliphatic carbocycles. The summed E-state index contributed by atoms with van der Waals surface area (Å²) in [6, 6.07) is 5.11. The summed E-state index contributed by atoms with van der Waals surface area (Å²) in [5.41, 5.74) is 7.20. The van der Waals surface area contributed by atoms with Gasteiger partial charge in [-0.2, -0.15) is 5.10 Å². The quantitative estimate of drug-likeness (QED) is 0.771. The minimum atomic E-state index is -0.0568. The van der Waals surface area contributed by atoms with Gasteiger partial charge in [0.05, 0.1) is 24.0 Å². The van der Waals surface area contributed by atoms with Crippen LogP contribution in [0.25, 0.3) is 0 Å². The lowest BCUT2D eigenvalue weighted by atomic mass is 10.1. The number of nitrogens with two attached hydrogens (primary N) is 1. The van der Waals surface area contributed by atoms with Gasteiger partial charge in [-0.25, -0.2) is 0 Å². The number of carbonyl (C=O) groups excluding carboxylic acids is 1. The molecule has 2 rings (SSSR count).